The largest absolute Gasteiger partial charge is 0.311 e. The molecule has 0 aromatic carbocycles. The van der Waals surface area contributed by atoms with Gasteiger partial charge in [0, 0.05) is 18.9 Å². The summed E-state index contributed by atoms with van der Waals surface area (Å²) in [7, 11) is 0. The Morgan fingerprint density at radius 1 is 1.35 bits per heavy atom. The first-order valence-electron chi connectivity index (χ1n) is 6.39. The standard InChI is InChI=1S/C14H21N3/c1-12(2)6-5-8-15-10-13-11-17-9-4-3-7-14(17)16-13/h3-4,7,9,11-12,15H,5-6,8,10H2,1-2H3. The Balaban J connectivity index is 1.79. The highest BCUT2D eigenvalue weighted by Gasteiger charge is 2.00. The number of fused-ring (bicyclic) bond motifs is 1. The fraction of sp³-hybridized carbons (Fsp3) is 0.500. The molecule has 0 fully saturated rings. The number of imidazole rings is 1. The normalized spacial score (nSPS) is 11.5. The number of pyridine rings is 1. The fourth-order valence-electron chi connectivity index (χ4n) is 1.92. The van der Waals surface area contributed by atoms with E-state index in [1.165, 1.54) is 12.8 Å². The molecule has 0 bridgehead atoms. The van der Waals surface area contributed by atoms with E-state index in [1.54, 1.807) is 0 Å². The third-order valence-electron chi connectivity index (χ3n) is 2.86. The molecular weight excluding hydrogens is 210 g/mol. The molecule has 92 valence electrons. The Kier molecular flexibility index (Phi) is 4.15. The van der Waals surface area contributed by atoms with Crippen molar-refractivity contribution in [1.82, 2.24) is 14.7 Å². The van der Waals surface area contributed by atoms with Gasteiger partial charge in [-0.15, -0.1) is 0 Å². The van der Waals surface area contributed by atoms with E-state index in [1.807, 2.05) is 24.4 Å². The topological polar surface area (TPSA) is 29.3 Å². The Labute approximate surface area is 103 Å². The van der Waals surface area contributed by atoms with Crippen LogP contribution in [-0.4, -0.2) is 15.9 Å². The first-order chi connectivity index (χ1) is 8.25. The highest BCUT2D eigenvalue weighted by molar-refractivity contribution is 5.39. The Hall–Kier alpha value is -1.35. The molecule has 3 heteroatoms. The summed E-state index contributed by atoms with van der Waals surface area (Å²) in [6.45, 7) is 6.47. The molecule has 1 N–H and O–H groups in total. The van der Waals surface area contributed by atoms with E-state index in [0.29, 0.717) is 0 Å². The number of aromatic nitrogens is 2. The van der Waals surface area contributed by atoms with Crippen molar-refractivity contribution in [2.75, 3.05) is 6.54 Å². The van der Waals surface area contributed by atoms with Gasteiger partial charge in [-0.3, -0.25) is 0 Å². The second-order valence-electron chi connectivity index (χ2n) is 4.91. The summed E-state index contributed by atoms with van der Waals surface area (Å²) >= 11 is 0. The fourth-order valence-corrected chi connectivity index (χ4v) is 1.92. The maximum Gasteiger partial charge on any atom is 0.137 e. The molecule has 0 saturated heterocycles. The van der Waals surface area contributed by atoms with E-state index >= 15 is 0 Å². The minimum atomic E-state index is 0.798. The molecule has 0 aliphatic heterocycles. The average molecular weight is 231 g/mol. The van der Waals surface area contributed by atoms with Crippen molar-refractivity contribution in [1.29, 1.82) is 0 Å². The van der Waals surface area contributed by atoms with Crippen molar-refractivity contribution < 1.29 is 0 Å². The molecule has 3 nitrogen and oxygen atoms in total. The monoisotopic (exact) mass is 231 g/mol. The van der Waals surface area contributed by atoms with Crippen LogP contribution in [-0.2, 0) is 6.54 Å². The summed E-state index contributed by atoms with van der Waals surface area (Å²) in [5, 5.41) is 3.44. The first-order valence-corrected chi connectivity index (χ1v) is 6.39. The van der Waals surface area contributed by atoms with Crippen molar-refractivity contribution in [3.8, 4) is 0 Å². The maximum atomic E-state index is 4.55. The van der Waals surface area contributed by atoms with Gasteiger partial charge in [0.2, 0.25) is 0 Å². The Morgan fingerprint density at radius 2 is 2.24 bits per heavy atom. The van der Waals surface area contributed by atoms with E-state index in [0.717, 1.165) is 30.3 Å². The van der Waals surface area contributed by atoms with E-state index in [2.05, 4.69) is 34.7 Å². The molecule has 2 aromatic rings. The van der Waals surface area contributed by atoms with Crippen LogP contribution in [0.4, 0.5) is 0 Å². The second-order valence-corrected chi connectivity index (χ2v) is 4.91. The molecule has 17 heavy (non-hydrogen) atoms. The van der Waals surface area contributed by atoms with Gasteiger partial charge >= 0.3 is 0 Å². The highest BCUT2D eigenvalue weighted by atomic mass is 15.0. The number of hydrogen-bond donors (Lipinski definition) is 1. The highest BCUT2D eigenvalue weighted by Crippen LogP contribution is 2.05. The van der Waals surface area contributed by atoms with Crippen LogP contribution in [0.15, 0.2) is 30.6 Å². The zero-order valence-electron chi connectivity index (χ0n) is 10.7. The number of rotatable bonds is 6. The molecule has 0 atom stereocenters. The SMILES string of the molecule is CC(C)CCCNCc1cn2ccccc2n1. The van der Waals surface area contributed by atoms with Crippen LogP contribution in [0.1, 0.15) is 32.4 Å². The molecule has 0 unspecified atom stereocenters. The number of hydrogen-bond acceptors (Lipinski definition) is 2. The molecule has 0 amide bonds. The average Bonchev–Trinajstić information content (AvgIpc) is 2.70. The lowest BCUT2D eigenvalue weighted by atomic mass is 10.1. The first kappa shape index (κ1) is 12.1. The lowest BCUT2D eigenvalue weighted by molar-refractivity contribution is 0.526. The van der Waals surface area contributed by atoms with Crippen molar-refractivity contribution in [2.45, 2.75) is 33.2 Å². The summed E-state index contributed by atoms with van der Waals surface area (Å²) in [5.74, 6) is 0.798. The molecule has 2 rings (SSSR count). The predicted octanol–water partition coefficient (Wildman–Crippen LogP) is 2.86. The third kappa shape index (κ3) is 3.56. The minimum absolute atomic E-state index is 0.798. The van der Waals surface area contributed by atoms with Crippen LogP contribution < -0.4 is 5.32 Å². The van der Waals surface area contributed by atoms with Crippen molar-refractivity contribution in [3.05, 3.63) is 36.3 Å². The number of nitrogens with one attached hydrogen (secondary N) is 1. The maximum absolute atomic E-state index is 4.55. The van der Waals surface area contributed by atoms with Gasteiger partial charge in [-0.2, -0.15) is 0 Å². The smallest absolute Gasteiger partial charge is 0.137 e. The van der Waals surface area contributed by atoms with E-state index in [-0.39, 0.29) is 0 Å². The zero-order valence-corrected chi connectivity index (χ0v) is 10.7. The van der Waals surface area contributed by atoms with Crippen molar-refractivity contribution >= 4 is 5.65 Å². The molecule has 0 aliphatic carbocycles. The van der Waals surface area contributed by atoms with E-state index in [4.69, 9.17) is 0 Å². The van der Waals surface area contributed by atoms with Gasteiger partial charge in [-0.05, 0) is 37.4 Å². The van der Waals surface area contributed by atoms with Crippen LogP contribution in [0, 0.1) is 5.92 Å². The summed E-state index contributed by atoms with van der Waals surface area (Å²) in [5.41, 5.74) is 2.13. The Morgan fingerprint density at radius 3 is 3.00 bits per heavy atom. The van der Waals surface area contributed by atoms with Crippen LogP contribution >= 0.6 is 0 Å². The van der Waals surface area contributed by atoms with Gasteiger partial charge in [0.1, 0.15) is 5.65 Å². The predicted molar refractivity (Wildman–Crippen MR) is 71.0 cm³/mol. The summed E-state index contributed by atoms with van der Waals surface area (Å²) in [6, 6.07) is 6.07. The molecule has 2 aromatic heterocycles. The van der Waals surface area contributed by atoms with Gasteiger partial charge in [0.25, 0.3) is 0 Å². The Bertz CT molecular complexity index is 426. The summed E-state index contributed by atoms with van der Waals surface area (Å²) in [6.07, 6.45) is 6.65. The summed E-state index contributed by atoms with van der Waals surface area (Å²) < 4.78 is 2.06. The third-order valence-corrected chi connectivity index (χ3v) is 2.86. The van der Waals surface area contributed by atoms with Crippen molar-refractivity contribution in [3.63, 3.8) is 0 Å². The van der Waals surface area contributed by atoms with Gasteiger partial charge < -0.3 is 9.72 Å². The van der Waals surface area contributed by atoms with Crippen LogP contribution in [0.3, 0.4) is 0 Å². The van der Waals surface area contributed by atoms with Gasteiger partial charge in [0.05, 0.1) is 5.69 Å². The molecule has 0 radical (unpaired) electrons. The van der Waals surface area contributed by atoms with Gasteiger partial charge in [-0.1, -0.05) is 19.9 Å². The van der Waals surface area contributed by atoms with Crippen LogP contribution in [0.2, 0.25) is 0 Å². The minimum Gasteiger partial charge on any atom is -0.311 e. The number of nitrogens with zero attached hydrogens (tertiary/aromatic N) is 2. The second kappa shape index (κ2) is 5.82. The molecular formula is C14H21N3. The molecule has 0 spiro atoms. The van der Waals surface area contributed by atoms with E-state index in [9.17, 15) is 0 Å². The molecule has 0 saturated carbocycles. The molecule has 2 heterocycles. The quantitative estimate of drug-likeness (QED) is 0.775. The summed E-state index contributed by atoms with van der Waals surface area (Å²) in [4.78, 5) is 4.55. The van der Waals surface area contributed by atoms with Gasteiger partial charge in [-0.25, -0.2) is 4.98 Å². The zero-order chi connectivity index (χ0) is 12.1. The van der Waals surface area contributed by atoms with Gasteiger partial charge in [0.15, 0.2) is 0 Å². The van der Waals surface area contributed by atoms with Crippen molar-refractivity contribution in [2.24, 2.45) is 5.92 Å². The molecule has 0 aliphatic rings. The van der Waals surface area contributed by atoms with Crippen LogP contribution in [0.25, 0.3) is 5.65 Å². The van der Waals surface area contributed by atoms with Crippen LogP contribution in [0.5, 0.6) is 0 Å². The lowest BCUT2D eigenvalue weighted by Gasteiger charge is -2.04. The lowest BCUT2D eigenvalue weighted by Crippen LogP contribution is -2.15. The van der Waals surface area contributed by atoms with E-state index < -0.39 is 0 Å².